The van der Waals surface area contributed by atoms with E-state index in [-0.39, 0.29) is 5.41 Å². The highest BCUT2D eigenvalue weighted by atomic mass is 31.1. The predicted octanol–water partition coefficient (Wildman–Crippen LogP) is 6.22. The van der Waals surface area contributed by atoms with Gasteiger partial charge in [0, 0.05) is 11.0 Å². The first-order valence-corrected chi connectivity index (χ1v) is 13.4. The average molecular weight is 414 g/mol. The summed E-state index contributed by atoms with van der Waals surface area (Å²) in [6, 6.07) is 8.34. The summed E-state index contributed by atoms with van der Waals surface area (Å²) in [5.41, 5.74) is 1.38. The van der Waals surface area contributed by atoms with Crippen molar-refractivity contribution >= 4 is 13.1 Å². The van der Waals surface area contributed by atoms with Gasteiger partial charge in [-0.25, -0.2) is 0 Å². The number of rotatable bonds is 2. The molecule has 0 heterocycles. The molecule has 1 radical (unpaired) electrons. The molecule has 29 heavy (non-hydrogen) atoms. The van der Waals surface area contributed by atoms with Gasteiger partial charge >= 0.3 is 0 Å². The van der Waals surface area contributed by atoms with Crippen molar-refractivity contribution in [3.05, 3.63) is 29.8 Å². The monoisotopic (exact) mass is 413 g/mol. The van der Waals surface area contributed by atoms with Gasteiger partial charge < -0.3 is 5.11 Å². The summed E-state index contributed by atoms with van der Waals surface area (Å²) in [5.74, 6) is 4.03. The van der Waals surface area contributed by atoms with Crippen molar-refractivity contribution in [2.45, 2.75) is 89.8 Å². The van der Waals surface area contributed by atoms with Crippen LogP contribution < -0.4 is 5.30 Å². The molecule has 0 spiro atoms. The van der Waals surface area contributed by atoms with Gasteiger partial charge in [-0.1, -0.05) is 25.1 Å². The molecule has 3 heteroatoms. The quantitative estimate of drug-likeness (QED) is 0.585. The van der Waals surface area contributed by atoms with Crippen molar-refractivity contribution in [1.29, 1.82) is 0 Å². The standard InChI is InChI=1S/C26H38O2P/c1-17-6-4-5-7-23(17)29(28)24-11-10-22-21-9-8-18-16-25(2,27)14-12-19(18)20(21)13-15-26(22,24)3/h4-7,18-22,24,27H,8-16H2,1-3H3/t18-,19+,20-,21-,22+,24+,25-,26+/m1/s1. The molecule has 4 fully saturated rings. The molecule has 5 rings (SSSR count). The van der Waals surface area contributed by atoms with E-state index in [1.165, 1.54) is 44.1 Å². The zero-order valence-electron chi connectivity index (χ0n) is 18.4. The molecule has 0 aromatic heterocycles. The number of fused-ring (bicyclic) bond motifs is 5. The fourth-order valence-electron chi connectivity index (χ4n) is 8.42. The number of aliphatic hydroxyl groups is 1. The summed E-state index contributed by atoms with van der Waals surface area (Å²) < 4.78 is 13.7. The molecule has 1 aromatic carbocycles. The molecule has 4 aliphatic rings. The highest BCUT2D eigenvalue weighted by Crippen LogP contribution is 2.66. The number of aryl methyl sites for hydroxylation is 1. The third-order valence-electron chi connectivity index (χ3n) is 9.82. The normalized spacial score (nSPS) is 47.1. The lowest BCUT2D eigenvalue weighted by molar-refractivity contribution is -0.0933. The van der Waals surface area contributed by atoms with Crippen LogP contribution in [0.3, 0.4) is 0 Å². The zero-order chi connectivity index (χ0) is 20.4. The fourth-order valence-corrected chi connectivity index (χ4v) is 10.6. The predicted molar refractivity (Wildman–Crippen MR) is 120 cm³/mol. The van der Waals surface area contributed by atoms with Gasteiger partial charge in [0.05, 0.1) is 5.60 Å². The van der Waals surface area contributed by atoms with E-state index in [0.29, 0.717) is 5.66 Å². The lowest BCUT2D eigenvalue weighted by Gasteiger charge is -2.56. The van der Waals surface area contributed by atoms with E-state index in [9.17, 15) is 9.67 Å². The summed E-state index contributed by atoms with van der Waals surface area (Å²) in [6.07, 6.45) is 10.9. The molecule has 0 aliphatic heterocycles. The van der Waals surface area contributed by atoms with Gasteiger partial charge in [0.15, 0.2) is 0 Å². The third kappa shape index (κ3) is 3.25. The van der Waals surface area contributed by atoms with Crippen LogP contribution in [0.1, 0.15) is 77.2 Å². The minimum atomic E-state index is -1.33. The van der Waals surface area contributed by atoms with E-state index < -0.39 is 13.4 Å². The van der Waals surface area contributed by atoms with Gasteiger partial charge in [-0.3, -0.25) is 4.57 Å². The van der Waals surface area contributed by atoms with Crippen LogP contribution in [0.2, 0.25) is 0 Å². The van der Waals surface area contributed by atoms with Crippen LogP contribution >= 0.6 is 7.80 Å². The maximum atomic E-state index is 13.7. The fraction of sp³-hybridized carbons (Fsp3) is 0.769. The Kier molecular flexibility index (Phi) is 4.99. The molecule has 0 saturated heterocycles. The van der Waals surface area contributed by atoms with Crippen molar-refractivity contribution in [3.8, 4) is 0 Å². The van der Waals surface area contributed by atoms with Crippen LogP contribution in [0, 0.1) is 41.9 Å². The van der Waals surface area contributed by atoms with Gasteiger partial charge in [-0.2, -0.15) is 0 Å². The maximum Gasteiger partial charge on any atom is 0.108 e. The smallest absolute Gasteiger partial charge is 0.108 e. The Morgan fingerprint density at radius 1 is 0.931 bits per heavy atom. The summed E-state index contributed by atoms with van der Waals surface area (Å²) in [4.78, 5) is 0. The molecule has 2 nitrogen and oxygen atoms in total. The van der Waals surface area contributed by atoms with Crippen molar-refractivity contribution in [1.82, 2.24) is 0 Å². The van der Waals surface area contributed by atoms with Crippen LogP contribution in [0.4, 0.5) is 0 Å². The van der Waals surface area contributed by atoms with Crippen LogP contribution in [0.5, 0.6) is 0 Å². The minimum absolute atomic E-state index is 0.254. The maximum absolute atomic E-state index is 13.7. The second-order valence-corrected chi connectivity index (χ2v) is 13.2. The summed E-state index contributed by atoms with van der Waals surface area (Å²) in [7, 11) is -1.33. The Morgan fingerprint density at radius 3 is 2.48 bits per heavy atom. The molecule has 0 bridgehead atoms. The number of hydrogen-bond donors (Lipinski definition) is 1. The van der Waals surface area contributed by atoms with Crippen molar-refractivity contribution in [2.75, 3.05) is 0 Å². The Morgan fingerprint density at radius 2 is 1.69 bits per heavy atom. The molecule has 1 aromatic rings. The Labute approximate surface area is 177 Å². The molecule has 159 valence electrons. The number of hydrogen-bond acceptors (Lipinski definition) is 2. The van der Waals surface area contributed by atoms with E-state index in [0.717, 1.165) is 54.2 Å². The molecular weight excluding hydrogens is 375 g/mol. The second kappa shape index (κ2) is 7.16. The van der Waals surface area contributed by atoms with E-state index in [1.807, 2.05) is 0 Å². The molecule has 9 atom stereocenters. The average Bonchev–Trinajstić information content (AvgIpc) is 3.04. The minimum Gasteiger partial charge on any atom is -0.390 e. The Balaban J connectivity index is 1.38. The first-order chi connectivity index (χ1) is 13.8. The first-order valence-electron chi connectivity index (χ1n) is 12.0. The Bertz CT molecular complexity index is 802. The lowest BCUT2D eigenvalue weighted by Crippen LogP contribution is -2.50. The molecule has 0 amide bonds. The molecular formula is C26H38O2P. The van der Waals surface area contributed by atoms with Crippen LogP contribution in [0.25, 0.3) is 0 Å². The zero-order valence-corrected chi connectivity index (χ0v) is 19.3. The van der Waals surface area contributed by atoms with Crippen LogP contribution in [-0.4, -0.2) is 16.4 Å². The molecule has 1 N–H and O–H groups in total. The van der Waals surface area contributed by atoms with E-state index in [2.05, 4.69) is 45.0 Å². The Hall–Kier alpha value is -0.720. The van der Waals surface area contributed by atoms with Gasteiger partial charge in [0.25, 0.3) is 0 Å². The largest absolute Gasteiger partial charge is 0.390 e. The van der Waals surface area contributed by atoms with Gasteiger partial charge in [-0.15, -0.1) is 0 Å². The van der Waals surface area contributed by atoms with Crippen molar-refractivity contribution in [2.24, 2.45) is 35.0 Å². The van der Waals surface area contributed by atoms with Crippen molar-refractivity contribution < 1.29 is 9.67 Å². The van der Waals surface area contributed by atoms with Gasteiger partial charge in [0.1, 0.15) is 7.80 Å². The van der Waals surface area contributed by atoms with Crippen LogP contribution in [0.15, 0.2) is 24.3 Å². The van der Waals surface area contributed by atoms with E-state index in [1.54, 1.807) is 0 Å². The first kappa shape index (κ1) is 20.2. The highest BCUT2D eigenvalue weighted by Gasteiger charge is 2.58. The lowest BCUT2D eigenvalue weighted by atomic mass is 9.50. The highest BCUT2D eigenvalue weighted by molar-refractivity contribution is 7.54. The topological polar surface area (TPSA) is 37.3 Å². The van der Waals surface area contributed by atoms with E-state index in [4.69, 9.17) is 0 Å². The molecule has 4 saturated carbocycles. The summed E-state index contributed by atoms with van der Waals surface area (Å²) >= 11 is 0. The molecule has 1 unspecified atom stereocenters. The summed E-state index contributed by atoms with van der Waals surface area (Å²) in [5, 5.41) is 11.7. The summed E-state index contributed by atoms with van der Waals surface area (Å²) in [6.45, 7) is 6.67. The number of benzene rings is 1. The second-order valence-electron chi connectivity index (χ2n) is 11.4. The van der Waals surface area contributed by atoms with Gasteiger partial charge in [-0.05, 0) is 118 Å². The van der Waals surface area contributed by atoms with Crippen molar-refractivity contribution in [3.63, 3.8) is 0 Å². The van der Waals surface area contributed by atoms with E-state index >= 15 is 0 Å². The molecule has 4 aliphatic carbocycles. The third-order valence-corrected chi connectivity index (χ3v) is 12.2. The SMILES string of the molecule is Cc1ccccc1[P](=O)[C@H]1CC[C@H]2[C@@H]3CC[C@@H]4C[C@](C)(O)CC[C@@H]4[C@H]3CC[C@]12C. The van der Waals surface area contributed by atoms with Gasteiger partial charge in [0.2, 0.25) is 0 Å². The van der Waals surface area contributed by atoms with Crippen LogP contribution in [-0.2, 0) is 4.57 Å².